The number of rotatable bonds is 2. The van der Waals surface area contributed by atoms with Gasteiger partial charge in [0.15, 0.2) is 0 Å². The van der Waals surface area contributed by atoms with Crippen molar-refractivity contribution in [2.45, 2.75) is 20.8 Å². The van der Waals surface area contributed by atoms with E-state index in [1.54, 1.807) is 20.0 Å². The van der Waals surface area contributed by atoms with Crippen molar-refractivity contribution in [1.82, 2.24) is 4.98 Å². The third-order valence-electron chi connectivity index (χ3n) is 2.66. The smallest absolute Gasteiger partial charge is 0.261 e. The molecular weight excluding hydrogens is 296 g/mol. The molecule has 18 heavy (non-hydrogen) atoms. The number of aromatic nitrogens is 1. The molecule has 0 saturated heterocycles. The maximum absolute atomic E-state index is 12.2. The van der Waals surface area contributed by atoms with Crippen molar-refractivity contribution < 1.29 is 9.21 Å². The van der Waals surface area contributed by atoms with Crippen LogP contribution in [-0.4, -0.2) is 10.9 Å². The summed E-state index contributed by atoms with van der Waals surface area (Å²) in [5.41, 5.74) is 1.43. The first-order valence-corrected chi connectivity index (χ1v) is 6.28. The van der Waals surface area contributed by atoms with Gasteiger partial charge < -0.3 is 9.73 Å². The number of pyridine rings is 1. The minimum atomic E-state index is -0.224. The molecule has 0 aliphatic carbocycles. The van der Waals surface area contributed by atoms with Gasteiger partial charge in [0.25, 0.3) is 5.91 Å². The van der Waals surface area contributed by atoms with Crippen molar-refractivity contribution in [2.24, 2.45) is 0 Å². The van der Waals surface area contributed by atoms with Crippen LogP contribution in [0.3, 0.4) is 0 Å². The Kier molecular flexibility index (Phi) is 3.52. The molecule has 0 spiro atoms. The number of halogens is 1. The molecule has 0 radical (unpaired) electrons. The van der Waals surface area contributed by atoms with E-state index in [0.29, 0.717) is 27.4 Å². The Morgan fingerprint density at radius 1 is 1.33 bits per heavy atom. The van der Waals surface area contributed by atoms with E-state index < -0.39 is 0 Å². The third-order valence-corrected chi connectivity index (χ3v) is 3.61. The number of aryl methyl sites for hydroxylation is 3. The molecule has 2 aromatic rings. The summed E-state index contributed by atoms with van der Waals surface area (Å²) >= 11 is 3.36. The van der Waals surface area contributed by atoms with E-state index in [0.717, 1.165) is 5.56 Å². The summed E-state index contributed by atoms with van der Waals surface area (Å²) in [5.74, 6) is 1.62. The molecule has 2 aromatic heterocycles. The van der Waals surface area contributed by atoms with E-state index >= 15 is 0 Å². The summed E-state index contributed by atoms with van der Waals surface area (Å²) in [6.45, 7) is 5.46. The van der Waals surface area contributed by atoms with Crippen LogP contribution < -0.4 is 5.32 Å². The number of anilines is 1. The molecule has 2 rings (SSSR count). The van der Waals surface area contributed by atoms with E-state index in [1.165, 1.54) is 0 Å². The fourth-order valence-electron chi connectivity index (χ4n) is 1.70. The molecule has 0 aromatic carbocycles. The Labute approximate surface area is 114 Å². The van der Waals surface area contributed by atoms with Crippen molar-refractivity contribution in [3.63, 3.8) is 0 Å². The van der Waals surface area contributed by atoms with Gasteiger partial charge in [0, 0.05) is 6.20 Å². The van der Waals surface area contributed by atoms with E-state index in [-0.39, 0.29) is 5.91 Å². The maximum Gasteiger partial charge on any atom is 0.261 e. The second-order valence-corrected chi connectivity index (χ2v) is 4.82. The second-order valence-electron chi connectivity index (χ2n) is 4.03. The van der Waals surface area contributed by atoms with Crippen LogP contribution in [0.1, 0.15) is 27.4 Å². The van der Waals surface area contributed by atoms with Crippen molar-refractivity contribution in [3.8, 4) is 0 Å². The lowest BCUT2D eigenvalue weighted by atomic mass is 10.2. The van der Waals surface area contributed by atoms with E-state index in [9.17, 15) is 4.79 Å². The zero-order valence-corrected chi connectivity index (χ0v) is 12.0. The largest absolute Gasteiger partial charge is 0.465 e. The van der Waals surface area contributed by atoms with E-state index in [2.05, 4.69) is 26.2 Å². The monoisotopic (exact) mass is 308 g/mol. The van der Waals surface area contributed by atoms with Gasteiger partial charge in [0.05, 0.1) is 10.0 Å². The van der Waals surface area contributed by atoms with Crippen molar-refractivity contribution >= 4 is 27.7 Å². The van der Waals surface area contributed by atoms with Gasteiger partial charge >= 0.3 is 0 Å². The number of carbonyl (C=O) groups is 1. The maximum atomic E-state index is 12.2. The number of hydrogen-bond donors (Lipinski definition) is 1. The minimum Gasteiger partial charge on any atom is -0.465 e. The fraction of sp³-hybridized carbons (Fsp3) is 0.231. The summed E-state index contributed by atoms with van der Waals surface area (Å²) in [7, 11) is 0. The van der Waals surface area contributed by atoms with Gasteiger partial charge in [-0.25, -0.2) is 4.98 Å². The van der Waals surface area contributed by atoms with Crippen LogP contribution in [0.5, 0.6) is 0 Å². The van der Waals surface area contributed by atoms with Crippen molar-refractivity contribution in [2.75, 3.05) is 5.32 Å². The third kappa shape index (κ3) is 2.31. The summed E-state index contributed by atoms with van der Waals surface area (Å²) in [5, 5.41) is 2.78. The lowest BCUT2D eigenvalue weighted by molar-refractivity contribution is 0.102. The zero-order chi connectivity index (χ0) is 13.3. The van der Waals surface area contributed by atoms with Gasteiger partial charge in [-0.3, -0.25) is 4.79 Å². The molecular formula is C13H13BrN2O2. The highest BCUT2D eigenvalue weighted by Crippen LogP contribution is 2.28. The molecule has 0 unspecified atom stereocenters. The summed E-state index contributed by atoms with van der Waals surface area (Å²) in [6, 6.07) is 3.72. The summed E-state index contributed by atoms with van der Waals surface area (Å²) in [6.07, 6.45) is 1.64. The van der Waals surface area contributed by atoms with Crippen LogP contribution in [0.15, 0.2) is 27.2 Å². The molecule has 0 aliphatic rings. The lowest BCUT2D eigenvalue weighted by Crippen LogP contribution is -2.14. The van der Waals surface area contributed by atoms with E-state index in [1.807, 2.05) is 19.1 Å². The molecule has 0 fully saturated rings. The number of nitrogens with zero attached hydrogens (tertiary/aromatic N) is 1. The predicted molar refractivity (Wildman–Crippen MR) is 72.8 cm³/mol. The Hall–Kier alpha value is -1.62. The number of amides is 1. The van der Waals surface area contributed by atoms with Crippen LogP contribution in [0.2, 0.25) is 0 Å². The Morgan fingerprint density at radius 2 is 2.06 bits per heavy atom. The zero-order valence-electron chi connectivity index (χ0n) is 10.4. The first-order chi connectivity index (χ1) is 8.50. The van der Waals surface area contributed by atoms with Crippen LogP contribution in [-0.2, 0) is 0 Å². The van der Waals surface area contributed by atoms with Gasteiger partial charge in [-0.15, -0.1) is 0 Å². The molecule has 0 aliphatic heterocycles. The van der Waals surface area contributed by atoms with Crippen LogP contribution >= 0.6 is 15.9 Å². The Morgan fingerprint density at radius 3 is 2.61 bits per heavy atom. The molecule has 4 nitrogen and oxygen atoms in total. The molecule has 2 heterocycles. The molecule has 5 heteroatoms. The number of carbonyl (C=O) groups excluding carboxylic acids is 1. The average molecular weight is 309 g/mol. The van der Waals surface area contributed by atoms with Gasteiger partial charge in [-0.05, 0) is 48.3 Å². The van der Waals surface area contributed by atoms with Crippen molar-refractivity contribution in [1.29, 1.82) is 0 Å². The first kappa shape index (κ1) is 12.8. The van der Waals surface area contributed by atoms with Gasteiger partial charge in [-0.2, -0.15) is 0 Å². The molecule has 0 atom stereocenters. The number of nitrogens with one attached hydrogen (secondary N) is 1. The molecule has 0 saturated carbocycles. The topological polar surface area (TPSA) is 55.1 Å². The average Bonchev–Trinajstić information content (AvgIpc) is 2.56. The molecule has 94 valence electrons. The quantitative estimate of drug-likeness (QED) is 0.922. The summed E-state index contributed by atoms with van der Waals surface area (Å²) in [4.78, 5) is 16.3. The lowest BCUT2D eigenvalue weighted by Gasteiger charge is -2.06. The first-order valence-electron chi connectivity index (χ1n) is 5.49. The molecule has 1 N–H and O–H groups in total. The van der Waals surface area contributed by atoms with Crippen LogP contribution in [0.25, 0.3) is 0 Å². The highest BCUT2D eigenvalue weighted by Gasteiger charge is 2.20. The SMILES string of the molecule is Cc1cccnc1NC(=O)c1c(C)oc(C)c1Br. The van der Waals surface area contributed by atoms with Gasteiger partial charge in [0.2, 0.25) is 0 Å². The van der Waals surface area contributed by atoms with Crippen molar-refractivity contribution in [3.05, 3.63) is 45.4 Å². The predicted octanol–water partition coefficient (Wildman–Crippen LogP) is 3.61. The Bertz CT molecular complexity index is 605. The van der Waals surface area contributed by atoms with Crippen LogP contribution in [0, 0.1) is 20.8 Å². The van der Waals surface area contributed by atoms with Gasteiger partial charge in [0.1, 0.15) is 17.3 Å². The summed E-state index contributed by atoms with van der Waals surface area (Å²) < 4.78 is 6.09. The fourth-order valence-corrected chi connectivity index (χ4v) is 2.24. The number of hydrogen-bond acceptors (Lipinski definition) is 3. The highest BCUT2D eigenvalue weighted by atomic mass is 79.9. The number of furan rings is 1. The van der Waals surface area contributed by atoms with Crippen LogP contribution in [0.4, 0.5) is 5.82 Å². The van der Waals surface area contributed by atoms with Gasteiger partial charge in [-0.1, -0.05) is 6.07 Å². The molecule has 1 amide bonds. The minimum absolute atomic E-state index is 0.224. The molecule has 0 bridgehead atoms. The Balaban J connectivity index is 2.31. The highest BCUT2D eigenvalue weighted by molar-refractivity contribution is 9.10. The standard InChI is InChI=1S/C13H13BrN2O2/c1-7-5-4-6-15-12(7)16-13(17)10-8(2)18-9(3)11(10)14/h4-6H,1-3H3,(H,15,16,17). The van der Waals surface area contributed by atoms with E-state index in [4.69, 9.17) is 4.42 Å². The second kappa shape index (κ2) is 4.94. The normalized spacial score (nSPS) is 10.4.